The van der Waals surface area contributed by atoms with E-state index in [2.05, 4.69) is 4.90 Å². The lowest BCUT2D eigenvalue weighted by Crippen LogP contribution is -2.37. The van der Waals surface area contributed by atoms with Gasteiger partial charge in [-0.25, -0.2) is 0 Å². The number of rotatable bonds is 9. The number of hydrogen-bond acceptors (Lipinski definition) is 5. The molecule has 0 radical (unpaired) electrons. The Morgan fingerprint density at radius 1 is 1.12 bits per heavy atom. The van der Waals surface area contributed by atoms with Crippen molar-refractivity contribution in [2.24, 2.45) is 0 Å². The molecule has 5 nitrogen and oxygen atoms in total. The molecule has 0 bridgehead atoms. The van der Waals surface area contributed by atoms with Gasteiger partial charge in [-0.15, -0.1) is 0 Å². The lowest BCUT2D eigenvalue weighted by Gasteiger charge is -2.25. The van der Waals surface area contributed by atoms with Crippen LogP contribution < -0.4 is 0 Å². The maximum atomic E-state index is 11.2. The van der Waals surface area contributed by atoms with Crippen LogP contribution in [-0.2, 0) is 19.0 Å². The summed E-state index contributed by atoms with van der Waals surface area (Å²) in [6, 6.07) is 0. The first-order chi connectivity index (χ1) is 8.33. The van der Waals surface area contributed by atoms with Crippen molar-refractivity contribution < 1.29 is 19.0 Å². The van der Waals surface area contributed by atoms with E-state index >= 15 is 0 Å². The van der Waals surface area contributed by atoms with Crippen molar-refractivity contribution in [1.29, 1.82) is 0 Å². The smallest absolute Gasteiger partial charge is 0.146 e. The molecule has 0 amide bonds. The van der Waals surface area contributed by atoms with E-state index in [1.807, 2.05) is 0 Å². The quantitative estimate of drug-likeness (QED) is 0.548. The van der Waals surface area contributed by atoms with Crippen LogP contribution in [0.1, 0.15) is 12.8 Å². The van der Waals surface area contributed by atoms with Gasteiger partial charge in [-0.2, -0.15) is 0 Å². The first-order valence-corrected chi connectivity index (χ1v) is 6.21. The first kappa shape index (κ1) is 14.6. The van der Waals surface area contributed by atoms with Crippen LogP contribution in [0, 0.1) is 0 Å². The summed E-state index contributed by atoms with van der Waals surface area (Å²) in [6.07, 6.45) is 1.73. The van der Waals surface area contributed by atoms with Crippen molar-refractivity contribution in [1.82, 2.24) is 4.90 Å². The number of likely N-dealkylation sites (tertiary alicyclic amines) is 1. The number of piperidine rings is 1. The summed E-state index contributed by atoms with van der Waals surface area (Å²) in [5.41, 5.74) is 0. The molecule has 0 aliphatic carbocycles. The molecule has 0 unspecified atom stereocenters. The number of carbonyl (C=O) groups is 1. The van der Waals surface area contributed by atoms with Gasteiger partial charge in [0.2, 0.25) is 0 Å². The zero-order chi connectivity index (χ0) is 12.3. The molecule has 0 aromatic carbocycles. The van der Waals surface area contributed by atoms with E-state index < -0.39 is 0 Å². The summed E-state index contributed by atoms with van der Waals surface area (Å²) in [7, 11) is 1.65. The molecule has 0 aromatic rings. The Morgan fingerprint density at radius 2 is 1.82 bits per heavy atom. The van der Waals surface area contributed by atoms with E-state index in [1.54, 1.807) is 7.11 Å². The minimum Gasteiger partial charge on any atom is -0.382 e. The Bertz CT molecular complexity index is 211. The molecular formula is C12H23NO4. The van der Waals surface area contributed by atoms with E-state index in [0.717, 1.165) is 25.9 Å². The van der Waals surface area contributed by atoms with Crippen molar-refractivity contribution in [2.75, 3.05) is 59.8 Å². The zero-order valence-electron chi connectivity index (χ0n) is 10.7. The van der Waals surface area contributed by atoms with Gasteiger partial charge < -0.3 is 14.2 Å². The summed E-state index contributed by atoms with van der Waals surface area (Å²) < 4.78 is 15.6. The highest BCUT2D eigenvalue weighted by Gasteiger charge is 2.15. The molecule has 0 aromatic heterocycles. The summed E-state index contributed by atoms with van der Waals surface area (Å²) >= 11 is 0. The van der Waals surface area contributed by atoms with E-state index in [0.29, 0.717) is 45.4 Å². The van der Waals surface area contributed by atoms with Crippen LogP contribution in [0.25, 0.3) is 0 Å². The average Bonchev–Trinajstić information content (AvgIpc) is 2.33. The molecule has 0 N–H and O–H groups in total. The highest BCUT2D eigenvalue weighted by molar-refractivity contribution is 5.81. The highest BCUT2D eigenvalue weighted by atomic mass is 16.5. The largest absolute Gasteiger partial charge is 0.382 e. The van der Waals surface area contributed by atoms with Gasteiger partial charge in [0.05, 0.1) is 39.6 Å². The number of ketones is 1. The van der Waals surface area contributed by atoms with Gasteiger partial charge in [-0.3, -0.25) is 9.69 Å². The molecule has 1 fully saturated rings. The molecule has 0 spiro atoms. The molecule has 0 atom stereocenters. The Kier molecular flexibility index (Phi) is 8.17. The number of ether oxygens (including phenoxy) is 3. The monoisotopic (exact) mass is 245 g/mol. The Hall–Kier alpha value is -0.490. The number of carbonyl (C=O) groups excluding carboxylic acids is 1. The lowest BCUT2D eigenvalue weighted by atomic mass is 10.1. The van der Waals surface area contributed by atoms with E-state index in [1.165, 1.54) is 0 Å². The van der Waals surface area contributed by atoms with Crippen molar-refractivity contribution in [3.05, 3.63) is 0 Å². The molecule has 1 saturated heterocycles. The topological polar surface area (TPSA) is 48.0 Å². The molecule has 1 heterocycles. The van der Waals surface area contributed by atoms with Crippen LogP contribution in [0.3, 0.4) is 0 Å². The number of methoxy groups -OCH3 is 1. The SMILES string of the molecule is COCCOCCOCCN1CCCC(=O)C1. The van der Waals surface area contributed by atoms with Gasteiger partial charge in [0.25, 0.3) is 0 Å². The van der Waals surface area contributed by atoms with Gasteiger partial charge >= 0.3 is 0 Å². The molecular weight excluding hydrogens is 222 g/mol. The predicted molar refractivity (Wildman–Crippen MR) is 64.2 cm³/mol. The lowest BCUT2D eigenvalue weighted by molar-refractivity contribution is -0.122. The maximum absolute atomic E-state index is 11.2. The molecule has 17 heavy (non-hydrogen) atoms. The number of nitrogens with zero attached hydrogens (tertiary/aromatic N) is 1. The molecule has 100 valence electrons. The molecule has 0 saturated carbocycles. The summed E-state index contributed by atoms with van der Waals surface area (Å²) in [4.78, 5) is 13.3. The fourth-order valence-electron chi connectivity index (χ4n) is 1.76. The third-order valence-corrected chi connectivity index (χ3v) is 2.69. The van der Waals surface area contributed by atoms with Crippen LogP contribution >= 0.6 is 0 Å². The number of hydrogen-bond donors (Lipinski definition) is 0. The van der Waals surface area contributed by atoms with Crippen LogP contribution in [0.2, 0.25) is 0 Å². The summed E-state index contributed by atoms with van der Waals surface area (Å²) in [5.74, 6) is 0.346. The van der Waals surface area contributed by atoms with Crippen molar-refractivity contribution in [3.63, 3.8) is 0 Å². The second-order valence-corrected chi connectivity index (χ2v) is 4.14. The van der Waals surface area contributed by atoms with E-state index in [9.17, 15) is 4.79 Å². The fourth-order valence-corrected chi connectivity index (χ4v) is 1.76. The highest BCUT2D eigenvalue weighted by Crippen LogP contribution is 2.04. The minimum absolute atomic E-state index is 0.346. The third-order valence-electron chi connectivity index (χ3n) is 2.69. The van der Waals surface area contributed by atoms with Gasteiger partial charge in [0.1, 0.15) is 5.78 Å². The second-order valence-electron chi connectivity index (χ2n) is 4.14. The van der Waals surface area contributed by atoms with E-state index in [-0.39, 0.29) is 0 Å². The average molecular weight is 245 g/mol. The van der Waals surface area contributed by atoms with Gasteiger partial charge in [-0.05, 0) is 13.0 Å². The van der Waals surface area contributed by atoms with Crippen LogP contribution in [0.15, 0.2) is 0 Å². The molecule has 1 aliphatic heterocycles. The molecule has 1 aliphatic rings. The Balaban J connectivity index is 1.85. The first-order valence-electron chi connectivity index (χ1n) is 6.21. The summed E-state index contributed by atoms with van der Waals surface area (Å²) in [6.45, 7) is 5.54. The van der Waals surface area contributed by atoms with Crippen molar-refractivity contribution >= 4 is 5.78 Å². The van der Waals surface area contributed by atoms with Crippen LogP contribution in [0.5, 0.6) is 0 Å². The normalized spacial score (nSPS) is 17.6. The van der Waals surface area contributed by atoms with E-state index in [4.69, 9.17) is 14.2 Å². The van der Waals surface area contributed by atoms with Crippen LogP contribution in [-0.4, -0.2) is 70.5 Å². The standard InChI is InChI=1S/C12H23NO4/c1-15-7-8-17-10-9-16-6-5-13-4-2-3-12(14)11-13/h2-11H2,1H3. The summed E-state index contributed by atoms with van der Waals surface area (Å²) in [5, 5.41) is 0. The number of Topliss-reactive ketones (excluding diaryl/α,β-unsaturated/α-hetero) is 1. The maximum Gasteiger partial charge on any atom is 0.146 e. The molecule has 1 rings (SSSR count). The van der Waals surface area contributed by atoms with Crippen LogP contribution in [0.4, 0.5) is 0 Å². The Morgan fingerprint density at radius 3 is 2.53 bits per heavy atom. The van der Waals surface area contributed by atoms with Crippen molar-refractivity contribution in [2.45, 2.75) is 12.8 Å². The minimum atomic E-state index is 0.346. The fraction of sp³-hybridized carbons (Fsp3) is 0.917. The van der Waals surface area contributed by atoms with Gasteiger partial charge in [-0.1, -0.05) is 0 Å². The zero-order valence-corrected chi connectivity index (χ0v) is 10.7. The predicted octanol–water partition coefficient (Wildman–Crippen LogP) is 0.331. The van der Waals surface area contributed by atoms with Crippen molar-refractivity contribution in [3.8, 4) is 0 Å². The Labute approximate surface area is 103 Å². The van der Waals surface area contributed by atoms with Gasteiger partial charge in [0, 0.05) is 20.1 Å². The second kappa shape index (κ2) is 9.53. The molecule has 5 heteroatoms. The third kappa shape index (κ3) is 7.44. The van der Waals surface area contributed by atoms with Gasteiger partial charge in [0.15, 0.2) is 0 Å².